The molecular weight excluding hydrogens is 297 g/mol. The number of amides is 1. The summed E-state index contributed by atoms with van der Waals surface area (Å²) in [5.41, 5.74) is 3.11. The number of nitrogens with zero attached hydrogens (tertiary/aromatic N) is 2. The predicted molar refractivity (Wildman–Crippen MR) is 84.8 cm³/mol. The van der Waals surface area contributed by atoms with Crippen molar-refractivity contribution in [1.29, 1.82) is 0 Å². The van der Waals surface area contributed by atoms with Crippen LogP contribution in [0.25, 0.3) is 21.9 Å². The first-order valence-corrected chi connectivity index (χ1v) is 7.00. The molecular formula is C16H12FN5O. The van der Waals surface area contributed by atoms with Crippen LogP contribution in [0.4, 0.5) is 10.1 Å². The van der Waals surface area contributed by atoms with Gasteiger partial charge in [0.05, 0.1) is 11.9 Å². The van der Waals surface area contributed by atoms with Crippen LogP contribution in [0.15, 0.2) is 36.5 Å². The molecule has 0 atom stereocenters. The summed E-state index contributed by atoms with van der Waals surface area (Å²) in [4.78, 5) is 19.5. The number of carbonyl (C=O) groups excluding carboxylic acids is 1. The van der Waals surface area contributed by atoms with Crippen molar-refractivity contribution in [3.05, 3.63) is 53.7 Å². The van der Waals surface area contributed by atoms with E-state index in [0.29, 0.717) is 27.9 Å². The molecule has 4 aromatic rings. The van der Waals surface area contributed by atoms with Gasteiger partial charge in [-0.3, -0.25) is 9.89 Å². The Morgan fingerprint density at radius 1 is 1.26 bits per heavy atom. The molecule has 0 saturated heterocycles. The lowest BCUT2D eigenvalue weighted by molar-refractivity contribution is 0.102. The highest BCUT2D eigenvalue weighted by molar-refractivity contribution is 6.06. The van der Waals surface area contributed by atoms with E-state index in [1.165, 1.54) is 12.1 Å². The number of nitrogens with one attached hydrogen (secondary N) is 3. The van der Waals surface area contributed by atoms with Crippen LogP contribution in [-0.4, -0.2) is 26.1 Å². The van der Waals surface area contributed by atoms with Gasteiger partial charge >= 0.3 is 0 Å². The van der Waals surface area contributed by atoms with Gasteiger partial charge in [-0.25, -0.2) is 9.37 Å². The molecule has 0 bridgehead atoms. The Bertz CT molecular complexity index is 1050. The Kier molecular flexibility index (Phi) is 2.87. The SMILES string of the molecule is Cc1[nH]nc2ncc(NC(=O)c3cc4cc(F)ccc4[nH]3)cc12. The van der Waals surface area contributed by atoms with Crippen molar-refractivity contribution in [3.8, 4) is 0 Å². The van der Waals surface area contributed by atoms with E-state index < -0.39 is 0 Å². The van der Waals surface area contributed by atoms with E-state index >= 15 is 0 Å². The lowest BCUT2D eigenvalue weighted by atomic mass is 10.2. The fourth-order valence-corrected chi connectivity index (χ4v) is 2.51. The third-order valence-corrected chi connectivity index (χ3v) is 3.69. The van der Waals surface area contributed by atoms with Crippen molar-refractivity contribution in [2.45, 2.75) is 6.92 Å². The van der Waals surface area contributed by atoms with Crippen molar-refractivity contribution >= 4 is 33.5 Å². The molecule has 7 heteroatoms. The zero-order valence-corrected chi connectivity index (χ0v) is 12.1. The third kappa shape index (κ3) is 2.32. The monoisotopic (exact) mass is 309 g/mol. The lowest BCUT2D eigenvalue weighted by Crippen LogP contribution is -2.12. The van der Waals surface area contributed by atoms with Crippen LogP contribution < -0.4 is 5.32 Å². The topological polar surface area (TPSA) is 86.5 Å². The summed E-state index contributed by atoms with van der Waals surface area (Å²) in [6.45, 7) is 1.88. The molecule has 3 heterocycles. The highest BCUT2D eigenvalue weighted by Crippen LogP contribution is 2.20. The number of hydrogen-bond donors (Lipinski definition) is 3. The molecule has 3 N–H and O–H groups in total. The summed E-state index contributed by atoms with van der Waals surface area (Å²) in [6, 6.07) is 7.75. The maximum atomic E-state index is 13.2. The smallest absolute Gasteiger partial charge is 0.272 e. The van der Waals surface area contributed by atoms with Gasteiger partial charge in [0.1, 0.15) is 11.5 Å². The molecule has 3 aromatic heterocycles. The van der Waals surface area contributed by atoms with E-state index in [4.69, 9.17) is 0 Å². The summed E-state index contributed by atoms with van der Waals surface area (Å²) >= 11 is 0. The molecule has 0 spiro atoms. The molecule has 0 fully saturated rings. The zero-order valence-electron chi connectivity index (χ0n) is 12.1. The number of aromatic nitrogens is 4. The average molecular weight is 309 g/mol. The van der Waals surface area contributed by atoms with Crippen molar-refractivity contribution in [2.24, 2.45) is 0 Å². The number of rotatable bonds is 2. The van der Waals surface area contributed by atoms with E-state index in [9.17, 15) is 9.18 Å². The van der Waals surface area contributed by atoms with Crippen molar-refractivity contribution < 1.29 is 9.18 Å². The lowest BCUT2D eigenvalue weighted by Gasteiger charge is -2.03. The summed E-state index contributed by atoms with van der Waals surface area (Å²) in [7, 11) is 0. The Labute approximate surface area is 129 Å². The molecule has 23 heavy (non-hydrogen) atoms. The quantitative estimate of drug-likeness (QED) is 0.531. The molecule has 1 aromatic carbocycles. The second-order valence-electron chi connectivity index (χ2n) is 5.31. The van der Waals surface area contributed by atoms with Crippen LogP contribution in [0.3, 0.4) is 0 Å². The van der Waals surface area contributed by atoms with Crippen LogP contribution in [0.2, 0.25) is 0 Å². The zero-order chi connectivity index (χ0) is 16.0. The van der Waals surface area contributed by atoms with E-state index in [1.54, 1.807) is 24.4 Å². The summed E-state index contributed by atoms with van der Waals surface area (Å²) in [6.07, 6.45) is 1.54. The molecule has 4 rings (SSSR count). The number of fused-ring (bicyclic) bond motifs is 2. The summed E-state index contributed by atoms with van der Waals surface area (Å²) in [5, 5.41) is 11.2. The number of pyridine rings is 1. The predicted octanol–water partition coefficient (Wildman–Crippen LogP) is 3.14. The van der Waals surface area contributed by atoms with Crippen LogP contribution >= 0.6 is 0 Å². The van der Waals surface area contributed by atoms with Gasteiger partial charge in [0.2, 0.25) is 0 Å². The van der Waals surface area contributed by atoms with Crippen LogP contribution in [0.5, 0.6) is 0 Å². The highest BCUT2D eigenvalue weighted by atomic mass is 19.1. The largest absolute Gasteiger partial charge is 0.351 e. The van der Waals surface area contributed by atoms with Crippen LogP contribution in [0.1, 0.15) is 16.2 Å². The van der Waals surface area contributed by atoms with Gasteiger partial charge in [0.15, 0.2) is 5.65 Å². The minimum absolute atomic E-state index is 0.316. The number of aromatic amines is 2. The minimum Gasteiger partial charge on any atom is -0.351 e. The van der Waals surface area contributed by atoms with Gasteiger partial charge in [-0.15, -0.1) is 0 Å². The molecule has 1 amide bonds. The molecule has 0 aliphatic carbocycles. The number of aryl methyl sites for hydroxylation is 1. The average Bonchev–Trinajstić information content (AvgIpc) is 3.11. The molecule has 0 saturated carbocycles. The Balaban J connectivity index is 1.65. The number of carbonyl (C=O) groups is 1. The standard InChI is InChI=1S/C16H12FN5O/c1-8-12-6-11(7-18-15(12)22-21-8)19-16(23)14-5-9-4-10(17)2-3-13(9)20-14/h2-7,20H,1H3,(H,19,23)(H,18,21,22). The first-order valence-electron chi connectivity index (χ1n) is 7.00. The van der Waals surface area contributed by atoms with Gasteiger partial charge in [-0.05, 0) is 37.3 Å². The molecule has 114 valence electrons. The Morgan fingerprint density at radius 3 is 3.00 bits per heavy atom. The molecule has 0 aliphatic heterocycles. The van der Waals surface area contributed by atoms with Gasteiger partial charge in [-0.1, -0.05) is 0 Å². The van der Waals surface area contributed by atoms with Crippen molar-refractivity contribution in [2.75, 3.05) is 5.32 Å². The fraction of sp³-hybridized carbons (Fsp3) is 0.0625. The van der Waals surface area contributed by atoms with Crippen LogP contribution in [-0.2, 0) is 0 Å². The van der Waals surface area contributed by atoms with E-state index in [0.717, 1.165) is 11.1 Å². The summed E-state index contributed by atoms with van der Waals surface area (Å²) < 4.78 is 13.2. The summed E-state index contributed by atoms with van der Waals surface area (Å²) in [5.74, 6) is -0.655. The fourth-order valence-electron chi connectivity index (χ4n) is 2.51. The highest BCUT2D eigenvalue weighted by Gasteiger charge is 2.12. The Morgan fingerprint density at radius 2 is 2.13 bits per heavy atom. The number of hydrogen-bond acceptors (Lipinski definition) is 3. The first kappa shape index (κ1) is 13.4. The van der Waals surface area contributed by atoms with Crippen molar-refractivity contribution in [3.63, 3.8) is 0 Å². The maximum absolute atomic E-state index is 13.2. The number of H-pyrrole nitrogens is 2. The number of anilines is 1. The second-order valence-corrected chi connectivity index (χ2v) is 5.31. The maximum Gasteiger partial charge on any atom is 0.272 e. The van der Waals surface area contributed by atoms with Gasteiger partial charge in [0.25, 0.3) is 5.91 Å². The minimum atomic E-state index is -0.339. The third-order valence-electron chi connectivity index (χ3n) is 3.69. The van der Waals surface area contributed by atoms with E-state index in [2.05, 4.69) is 25.5 Å². The normalized spacial score (nSPS) is 11.2. The first-order chi connectivity index (χ1) is 11.1. The van der Waals surface area contributed by atoms with Crippen LogP contribution in [0, 0.1) is 12.7 Å². The van der Waals surface area contributed by atoms with E-state index in [1.807, 2.05) is 6.92 Å². The van der Waals surface area contributed by atoms with Gasteiger partial charge in [-0.2, -0.15) is 5.10 Å². The second kappa shape index (κ2) is 4.91. The molecule has 6 nitrogen and oxygen atoms in total. The number of halogens is 1. The van der Waals surface area contributed by atoms with Crippen molar-refractivity contribution in [1.82, 2.24) is 20.2 Å². The number of benzene rings is 1. The van der Waals surface area contributed by atoms with Gasteiger partial charge < -0.3 is 10.3 Å². The van der Waals surface area contributed by atoms with E-state index in [-0.39, 0.29) is 11.7 Å². The van der Waals surface area contributed by atoms with Gasteiger partial charge in [0, 0.05) is 22.0 Å². The molecule has 0 unspecified atom stereocenters. The molecule has 0 aliphatic rings. The Hall–Kier alpha value is -3.22. The molecule has 0 radical (unpaired) electrons.